The lowest BCUT2D eigenvalue weighted by atomic mass is 10.1. The van der Waals surface area contributed by atoms with Gasteiger partial charge in [-0.2, -0.15) is 0 Å². The Hall–Kier alpha value is 0.200. The quantitative estimate of drug-likeness (QED) is 0.338. The molecule has 0 aliphatic carbocycles. The van der Waals surface area contributed by atoms with Gasteiger partial charge in [-0.25, -0.2) is 0 Å². The SMILES string of the molecule is CCN=C(CI)N(CC)C(C)(C)C. The van der Waals surface area contributed by atoms with Crippen LogP contribution in [-0.2, 0) is 0 Å². The molecule has 0 saturated heterocycles. The van der Waals surface area contributed by atoms with E-state index in [2.05, 4.69) is 67.1 Å². The van der Waals surface area contributed by atoms with Gasteiger partial charge in [-0.1, -0.05) is 22.6 Å². The number of nitrogens with zero attached hydrogens (tertiary/aromatic N) is 2. The van der Waals surface area contributed by atoms with Crippen LogP contribution in [0.2, 0.25) is 0 Å². The minimum atomic E-state index is 0.188. The van der Waals surface area contributed by atoms with E-state index in [4.69, 9.17) is 0 Å². The van der Waals surface area contributed by atoms with Gasteiger partial charge in [0.2, 0.25) is 0 Å². The molecule has 0 heterocycles. The Kier molecular flexibility index (Phi) is 5.92. The third-order valence-electron chi connectivity index (χ3n) is 1.90. The number of halogens is 1. The van der Waals surface area contributed by atoms with Crippen LogP contribution in [0.4, 0.5) is 0 Å². The fraction of sp³-hybridized carbons (Fsp3) is 0.900. The van der Waals surface area contributed by atoms with E-state index in [0.29, 0.717) is 0 Å². The Labute approximate surface area is 95.9 Å². The third-order valence-corrected chi connectivity index (χ3v) is 2.58. The van der Waals surface area contributed by atoms with E-state index in [9.17, 15) is 0 Å². The minimum absolute atomic E-state index is 0.188. The second-order valence-corrected chi connectivity index (χ2v) is 4.70. The average Bonchev–Trinajstić information content (AvgIpc) is 2.01. The zero-order valence-corrected chi connectivity index (χ0v) is 11.6. The maximum atomic E-state index is 4.52. The summed E-state index contributed by atoms with van der Waals surface area (Å²) in [7, 11) is 0. The summed E-state index contributed by atoms with van der Waals surface area (Å²) in [5.74, 6) is 1.22. The van der Waals surface area contributed by atoms with Gasteiger partial charge in [0.15, 0.2) is 0 Å². The Morgan fingerprint density at radius 2 is 1.85 bits per heavy atom. The minimum Gasteiger partial charge on any atom is -0.355 e. The molecule has 0 fully saturated rings. The maximum absolute atomic E-state index is 4.52. The fourth-order valence-electron chi connectivity index (χ4n) is 1.43. The molecule has 0 aromatic carbocycles. The number of hydrogen-bond acceptors (Lipinski definition) is 1. The zero-order valence-electron chi connectivity index (χ0n) is 9.39. The van der Waals surface area contributed by atoms with Gasteiger partial charge in [0.1, 0.15) is 5.84 Å². The average molecular weight is 296 g/mol. The lowest BCUT2D eigenvalue weighted by Crippen LogP contribution is -2.46. The van der Waals surface area contributed by atoms with Crippen LogP contribution in [-0.4, -0.2) is 33.8 Å². The molecule has 0 amide bonds. The van der Waals surface area contributed by atoms with Crippen molar-refractivity contribution in [1.82, 2.24) is 4.90 Å². The summed E-state index contributed by atoms with van der Waals surface area (Å²) in [5.41, 5.74) is 0.188. The van der Waals surface area contributed by atoms with Crippen LogP contribution in [0.1, 0.15) is 34.6 Å². The van der Waals surface area contributed by atoms with Gasteiger partial charge >= 0.3 is 0 Å². The molecule has 3 heteroatoms. The molecule has 0 aromatic rings. The van der Waals surface area contributed by atoms with E-state index in [0.717, 1.165) is 17.5 Å². The van der Waals surface area contributed by atoms with Crippen molar-refractivity contribution in [1.29, 1.82) is 0 Å². The summed E-state index contributed by atoms with van der Waals surface area (Å²) in [6.45, 7) is 12.9. The van der Waals surface area contributed by atoms with Crippen molar-refractivity contribution in [2.24, 2.45) is 4.99 Å². The molecule has 0 unspecified atom stereocenters. The number of amidine groups is 1. The highest BCUT2D eigenvalue weighted by Crippen LogP contribution is 2.14. The van der Waals surface area contributed by atoms with E-state index >= 15 is 0 Å². The Balaban J connectivity index is 4.64. The Morgan fingerprint density at radius 3 is 2.08 bits per heavy atom. The van der Waals surface area contributed by atoms with Crippen LogP contribution in [0.3, 0.4) is 0 Å². The van der Waals surface area contributed by atoms with Gasteiger partial charge < -0.3 is 4.90 Å². The van der Waals surface area contributed by atoms with Crippen LogP contribution in [0.15, 0.2) is 4.99 Å². The molecule has 0 spiro atoms. The van der Waals surface area contributed by atoms with Crippen molar-refractivity contribution in [2.45, 2.75) is 40.2 Å². The predicted octanol–water partition coefficient (Wildman–Crippen LogP) is 2.96. The fourth-order valence-corrected chi connectivity index (χ4v) is 2.08. The van der Waals surface area contributed by atoms with Gasteiger partial charge in [0.05, 0.1) is 4.43 Å². The normalized spacial score (nSPS) is 13.2. The topological polar surface area (TPSA) is 15.6 Å². The van der Waals surface area contributed by atoms with E-state index in [1.165, 1.54) is 5.84 Å². The van der Waals surface area contributed by atoms with Crippen LogP contribution in [0.5, 0.6) is 0 Å². The number of hydrogen-bond donors (Lipinski definition) is 0. The lowest BCUT2D eigenvalue weighted by molar-refractivity contribution is 0.246. The number of rotatable bonds is 3. The molecular weight excluding hydrogens is 275 g/mol. The summed E-state index contributed by atoms with van der Waals surface area (Å²) < 4.78 is 0.997. The molecule has 0 bridgehead atoms. The molecule has 0 radical (unpaired) electrons. The highest BCUT2D eigenvalue weighted by Gasteiger charge is 2.21. The molecule has 0 N–H and O–H groups in total. The number of alkyl halides is 1. The summed E-state index contributed by atoms with van der Waals surface area (Å²) >= 11 is 2.38. The second kappa shape index (κ2) is 5.83. The van der Waals surface area contributed by atoms with Crippen molar-refractivity contribution < 1.29 is 0 Å². The van der Waals surface area contributed by atoms with Crippen molar-refractivity contribution in [3.8, 4) is 0 Å². The molecule has 0 atom stereocenters. The molecule has 0 aliphatic rings. The molecule has 78 valence electrons. The zero-order chi connectivity index (χ0) is 10.5. The first-order valence-electron chi connectivity index (χ1n) is 4.84. The Morgan fingerprint density at radius 1 is 1.31 bits per heavy atom. The monoisotopic (exact) mass is 296 g/mol. The molecule has 0 aromatic heterocycles. The first-order valence-corrected chi connectivity index (χ1v) is 6.36. The standard InChI is InChI=1S/C10H21IN2/c1-6-12-9(8-11)13(7-2)10(3,4)5/h6-8H2,1-5H3. The van der Waals surface area contributed by atoms with Crippen molar-refractivity contribution in [3.05, 3.63) is 0 Å². The first-order chi connectivity index (χ1) is 5.97. The highest BCUT2D eigenvalue weighted by molar-refractivity contribution is 14.1. The first kappa shape index (κ1) is 13.2. The highest BCUT2D eigenvalue weighted by atomic mass is 127. The molecule has 2 nitrogen and oxygen atoms in total. The number of aliphatic imine (C=N–C) groups is 1. The summed E-state index contributed by atoms with van der Waals surface area (Å²) in [5, 5.41) is 0. The van der Waals surface area contributed by atoms with Crippen molar-refractivity contribution in [3.63, 3.8) is 0 Å². The van der Waals surface area contributed by atoms with Crippen molar-refractivity contribution in [2.75, 3.05) is 17.5 Å². The van der Waals surface area contributed by atoms with E-state index in [1.807, 2.05) is 0 Å². The van der Waals surface area contributed by atoms with E-state index in [-0.39, 0.29) is 5.54 Å². The lowest BCUT2D eigenvalue weighted by Gasteiger charge is -2.37. The van der Waals surface area contributed by atoms with Crippen LogP contribution >= 0.6 is 22.6 Å². The second-order valence-electron chi connectivity index (χ2n) is 3.94. The van der Waals surface area contributed by atoms with Gasteiger partial charge in [0.25, 0.3) is 0 Å². The third kappa shape index (κ3) is 4.29. The van der Waals surface area contributed by atoms with Gasteiger partial charge in [-0.3, -0.25) is 4.99 Å². The smallest absolute Gasteiger partial charge is 0.109 e. The van der Waals surface area contributed by atoms with E-state index in [1.54, 1.807) is 0 Å². The Bertz CT molecular complexity index is 170. The molecule has 0 rings (SSSR count). The summed E-state index contributed by atoms with van der Waals surface area (Å²) in [6, 6.07) is 0. The van der Waals surface area contributed by atoms with Crippen molar-refractivity contribution >= 4 is 28.4 Å². The molecule has 0 saturated carbocycles. The summed E-state index contributed by atoms with van der Waals surface area (Å²) in [4.78, 5) is 6.88. The van der Waals surface area contributed by atoms with E-state index < -0.39 is 0 Å². The summed E-state index contributed by atoms with van der Waals surface area (Å²) in [6.07, 6.45) is 0. The van der Waals surface area contributed by atoms with Crippen LogP contribution < -0.4 is 0 Å². The molecular formula is C10H21IN2. The maximum Gasteiger partial charge on any atom is 0.109 e. The van der Waals surface area contributed by atoms with Gasteiger partial charge in [-0.05, 0) is 34.6 Å². The molecule has 0 aliphatic heterocycles. The largest absolute Gasteiger partial charge is 0.355 e. The van der Waals surface area contributed by atoms with Crippen LogP contribution in [0, 0.1) is 0 Å². The van der Waals surface area contributed by atoms with Gasteiger partial charge in [-0.15, -0.1) is 0 Å². The van der Waals surface area contributed by atoms with Crippen LogP contribution in [0.25, 0.3) is 0 Å². The predicted molar refractivity (Wildman–Crippen MR) is 69.0 cm³/mol. The molecule has 13 heavy (non-hydrogen) atoms. The van der Waals surface area contributed by atoms with Gasteiger partial charge in [0, 0.05) is 18.6 Å².